The third kappa shape index (κ3) is 3.92. The Hall–Kier alpha value is -3.23. The van der Waals surface area contributed by atoms with E-state index in [9.17, 15) is 14.3 Å². The van der Waals surface area contributed by atoms with Crippen LogP contribution in [0.25, 0.3) is 15.9 Å². The summed E-state index contributed by atoms with van der Waals surface area (Å²) >= 11 is 1.30. The van der Waals surface area contributed by atoms with Gasteiger partial charge in [-0.1, -0.05) is 12.1 Å². The predicted octanol–water partition coefficient (Wildman–Crippen LogP) is 4.01. The van der Waals surface area contributed by atoms with Gasteiger partial charge in [-0.2, -0.15) is 5.10 Å². The zero-order valence-electron chi connectivity index (χ0n) is 16.4. The molecule has 2 aromatic carbocycles. The van der Waals surface area contributed by atoms with Crippen LogP contribution in [0, 0.1) is 12.7 Å². The van der Waals surface area contributed by atoms with Crippen molar-refractivity contribution in [3.8, 4) is 11.4 Å². The molecule has 4 rings (SSSR count). The van der Waals surface area contributed by atoms with Crippen molar-refractivity contribution in [2.24, 2.45) is 0 Å². The van der Waals surface area contributed by atoms with Crippen molar-refractivity contribution >= 4 is 27.5 Å². The van der Waals surface area contributed by atoms with E-state index >= 15 is 0 Å². The molecule has 0 aliphatic rings. The molecule has 6 nitrogen and oxygen atoms in total. The Labute approximate surface area is 176 Å². The fourth-order valence-corrected chi connectivity index (χ4v) is 4.24. The number of aryl methyl sites for hydroxylation is 1. The van der Waals surface area contributed by atoms with Gasteiger partial charge in [0.05, 0.1) is 29.5 Å². The van der Waals surface area contributed by atoms with E-state index in [4.69, 9.17) is 4.74 Å². The lowest BCUT2D eigenvalue weighted by Gasteiger charge is -2.12. The summed E-state index contributed by atoms with van der Waals surface area (Å²) in [7, 11) is 1.58. The average Bonchev–Trinajstić information content (AvgIpc) is 3.33. The van der Waals surface area contributed by atoms with Gasteiger partial charge in [0, 0.05) is 11.9 Å². The second kappa shape index (κ2) is 8.25. The molecule has 154 valence electrons. The van der Waals surface area contributed by atoms with Crippen LogP contribution in [0.2, 0.25) is 0 Å². The maximum absolute atomic E-state index is 13.2. The smallest absolute Gasteiger partial charge is 0.261 e. The highest BCUT2D eigenvalue weighted by molar-refractivity contribution is 7.20. The highest BCUT2D eigenvalue weighted by Gasteiger charge is 2.18. The molecule has 30 heavy (non-hydrogen) atoms. The molecule has 0 bridgehead atoms. The number of aromatic nitrogens is 2. The third-order valence-electron chi connectivity index (χ3n) is 4.80. The van der Waals surface area contributed by atoms with E-state index in [1.165, 1.54) is 23.5 Å². The summed E-state index contributed by atoms with van der Waals surface area (Å²) in [5, 5.41) is 18.5. The normalized spacial score (nSPS) is 12.1. The summed E-state index contributed by atoms with van der Waals surface area (Å²) in [5.41, 5.74) is 2.19. The van der Waals surface area contributed by atoms with Crippen LogP contribution in [0.5, 0.6) is 5.75 Å². The molecular formula is C22H20FN3O3S. The second-order valence-electron chi connectivity index (χ2n) is 6.80. The summed E-state index contributed by atoms with van der Waals surface area (Å²) < 4.78 is 20.0. The zero-order valence-corrected chi connectivity index (χ0v) is 17.2. The topological polar surface area (TPSA) is 76.4 Å². The minimum atomic E-state index is -0.828. The Morgan fingerprint density at radius 1 is 1.23 bits per heavy atom. The molecule has 8 heteroatoms. The van der Waals surface area contributed by atoms with Gasteiger partial charge >= 0.3 is 0 Å². The molecule has 0 saturated heterocycles. The van der Waals surface area contributed by atoms with Crippen LogP contribution in [0.15, 0.2) is 54.6 Å². The lowest BCUT2D eigenvalue weighted by atomic mass is 10.1. The largest absolute Gasteiger partial charge is 0.497 e. The number of fused-ring (bicyclic) bond motifs is 1. The molecule has 4 aromatic rings. The summed E-state index contributed by atoms with van der Waals surface area (Å²) in [6, 6.07) is 14.9. The maximum atomic E-state index is 13.2. The summed E-state index contributed by atoms with van der Waals surface area (Å²) in [4.78, 5) is 14.0. The van der Waals surface area contributed by atoms with Gasteiger partial charge in [0.25, 0.3) is 5.91 Å². The van der Waals surface area contributed by atoms with Crippen molar-refractivity contribution in [1.29, 1.82) is 0 Å². The number of benzene rings is 2. The number of hydrogen-bond donors (Lipinski definition) is 2. The van der Waals surface area contributed by atoms with Crippen molar-refractivity contribution in [3.05, 3.63) is 76.5 Å². The highest BCUT2D eigenvalue weighted by Crippen LogP contribution is 2.30. The Balaban J connectivity index is 1.50. The number of aliphatic hydroxyl groups is 1. The van der Waals surface area contributed by atoms with E-state index in [0.717, 1.165) is 21.6 Å². The number of aliphatic hydroxyl groups excluding tert-OH is 1. The van der Waals surface area contributed by atoms with Crippen LogP contribution in [-0.2, 0) is 0 Å². The number of ether oxygens (including phenoxy) is 1. The van der Waals surface area contributed by atoms with Crippen LogP contribution >= 0.6 is 11.3 Å². The van der Waals surface area contributed by atoms with E-state index in [1.807, 2.05) is 6.92 Å². The van der Waals surface area contributed by atoms with Crippen molar-refractivity contribution in [2.75, 3.05) is 13.7 Å². The number of halogens is 1. The first-order valence-corrected chi connectivity index (χ1v) is 10.1. The van der Waals surface area contributed by atoms with E-state index in [0.29, 0.717) is 16.2 Å². The molecule has 0 spiro atoms. The van der Waals surface area contributed by atoms with Gasteiger partial charge < -0.3 is 15.2 Å². The molecule has 1 amide bonds. The van der Waals surface area contributed by atoms with Crippen molar-refractivity contribution in [1.82, 2.24) is 15.1 Å². The molecular weight excluding hydrogens is 405 g/mol. The van der Waals surface area contributed by atoms with Crippen molar-refractivity contribution < 1.29 is 19.0 Å². The number of methoxy groups -OCH3 is 1. The van der Waals surface area contributed by atoms with Crippen molar-refractivity contribution in [3.63, 3.8) is 0 Å². The monoisotopic (exact) mass is 425 g/mol. The average molecular weight is 425 g/mol. The number of amides is 1. The van der Waals surface area contributed by atoms with Gasteiger partial charge in [-0.25, -0.2) is 9.07 Å². The number of nitrogens with zero attached hydrogens (tertiary/aromatic N) is 2. The van der Waals surface area contributed by atoms with Gasteiger partial charge in [0.1, 0.15) is 16.4 Å². The van der Waals surface area contributed by atoms with Crippen LogP contribution in [-0.4, -0.2) is 34.4 Å². The number of hydrogen-bond acceptors (Lipinski definition) is 5. The SMILES string of the molecule is COc1ccc(C(O)CNC(=O)c2cc3c(C)nn(-c4ccc(F)cc4)c3s2)cc1. The van der Waals surface area contributed by atoms with Gasteiger partial charge in [-0.3, -0.25) is 4.79 Å². The molecule has 2 aromatic heterocycles. The zero-order chi connectivity index (χ0) is 21.3. The first kappa shape index (κ1) is 20.1. The summed E-state index contributed by atoms with van der Waals surface area (Å²) in [6.45, 7) is 1.95. The third-order valence-corrected chi connectivity index (χ3v) is 5.91. The molecule has 1 atom stereocenters. The van der Waals surface area contributed by atoms with E-state index < -0.39 is 6.10 Å². The number of nitrogens with one attached hydrogen (secondary N) is 1. The minimum Gasteiger partial charge on any atom is -0.497 e. The lowest BCUT2D eigenvalue weighted by molar-refractivity contribution is 0.0920. The Morgan fingerprint density at radius 2 is 1.93 bits per heavy atom. The molecule has 2 N–H and O–H groups in total. The first-order chi connectivity index (χ1) is 14.5. The molecule has 0 fully saturated rings. The van der Waals surface area contributed by atoms with Crippen LogP contribution in [0.3, 0.4) is 0 Å². The van der Waals surface area contributed by atoms with Crippen LogP contribution < -0.4 is 10.1 Å². The Morgan fingerprint density at radius 3 is 2.60 bits per heavy atom. The molecule has 0 saturated carbocycles. The van der Waals surface area contributed by atoms with Gasteiger partial charge in [0.2, 0.25) is 0 Å². The fourth-order valence-electron chi connectivity index (χ4n) is 3.14. The lowest BCUT2D eigenvalue weighted by Crippen LogP contribution is -2.27. The molecule has 1 unspecified atom stereocenters. The van der Waals surface area contributed by atoms with E-state index in [2.05, 4.69) is 10.4 Å². The first-order valence-electron chi connectivity index (χ1n) is 9.31. The maximum Gasteiger partial charge on any atom is 0.261 e. The number of thiophene rings is 1. The van der Waals surface area contributed by atoms with Crippen molar-refractivity contribution in [2.45, 2.75) is 13.0 Å². The quantitative estimate of drug-likeness (QED) is 0.490. The minimum absolute atomic E-state index is 0.0858. The molecule has 0 radical (unpaired) electrons. The van der Waals surface area contributed by atoms with E-state index in [-0.39, 0.29) is 18.3 Å². The molecule has 0 aliphatic carbocycles. The Kier molecular flexibility index (Phi) is 5.52. The number of rotatable bonds is 6. The van der Waals surface area contributed by atoms with E-state index in [1.54, 1.807) is 54.3 Å². The molecule has 0 aliphatic heterocycles. The second-order valence-corrected chi connectivity index (χ2v) is 7.83. The summed E-state index contributed by atoms with van der Waals surface area (Å²) in [5.74, 6) is 0.111. The Bertz CT molecular complexity index is 1180. The molecule has 2 heterocycles. The fraction of sp³-hybridized carbons (Fsp3) is 0.182. The van der Waals surface area contributed by atoms with Gasteiger partial charge in [-0.15, -0.1) is 11.3 Å². The van der Waals surface area contributed by atoms with Gasteiger partial charge in [0.15, 0.2) is 0 Å². The van der Waals surface area contributed by atoms with Crippen LogP contribution in [0.4, 0.5) is 4.39 Å². The summed E-state index contributed by atoms with van der Waals surface area (Å²) in [6.07, 6.45) is -0.828. The standard InChI is InChI=1S/C22H20FN3O3S/c1-13-18-11-20(30-22(18)26(25-13)16-7-5-15(23)6-8-16)21(28)24-12-19(27)14-3-9-17(29-2)10-4-14/h3-11,19,27H,12H2,1-2H3,(H,24,28). The highest BCUT2D eigenvalue weighted by atomic mass is 32.1. The number of carbonyl (C=O) groups excluding carboxylic acids is 1. The van der Waals surface area contributed by atoms with Gasteiger partial charge in [-0.05, 0) is 55.0 Å². The van der Waals surface area contributed by atoms with Crippen LogP contribution in [0.1, 0.15) is 27.0 Å². The predicted molar refractivity (Wildman–Crippen MR) is 114 cm³/mol. The number of carbonyl (C=O) groups is 1.